The van der Waals surface area contributed by atoms with Gasteiger partial charge in [0, 0.05) is 19.3 Å². The van der Waals surface area contributed by atoms with Gasteiger partial charge in [-0.3, -0.25) is 4.57 Å². The van der Waals surface area contributed by atoms with E-state index in [2.05, 4.69) is 15.1 Å². The Balaban J connectivity index is 1.93. The highest BCUT2D eigenvalue weighted by Crippen LogP contribution is 2.21. The zero-order valence-corrected chi connectivity index (χ0v) is 15.7. The summed E-state index contributed by atoms with van der Waals surface area (Å²) in [6, 6.07) is 11.2. The molecule has 0 saturated carbocycles. The summed E-state index contributed by atoms with van der Waals surface area (Å²) in [6.07, 6.45) is 0.855. The monoisotopic (exact) mass is 382 g/mol. The van der Waals surface area contributed by atoms with Crippen LogP contribution in [0.15, 0.2) is 47.5 Å². The van der Waals surface area contributed by atoms with Crippen LogP contribution in [0.4, 0.5) is 0 Å². The molecule has 4 aromatic rings. The number of methoxy groups -OCH3 is 3. The lowest BCUT2D eigenvalue weighted by Gasteiger charge is -2.14. The number of pyridine rings is 1. The molecule has 0 unspecified atom stereocenters. The van der Waals surface area contributed by atoms with E-state index in [4.69, 9.17) is 14.2 Å². The molecule has 0 bridgehead atoms. The van der Waals surface area contributed by atoms with Crippen LogP contribution in [0.5, 0.6) is 5.75 Å². The summed E-state index contributed by atoms with van der Waals surface area (Å²) < 4.78 is 18.7. The van der Waals surface area contributed by atoms with E-state index >= 15 is 0 Å². The summed E-state index contributed by atoms with van der Waals surface area (Å²) in [5.41, 5.74) is 2.31. The molecule has 0 aliphatic carbocycles. The quantitative estimate of drug-likeness (QED) is 0.465. The van der Waals surface area contributed by atoms with Gasteiger partial charge >= 0.3 is 5.69 Å². The van der Waals surface area contributed by atoms with E-state index in [1.807, 2.05) is 36.4 Å². The van der Waals surface area contributed by atoms with E-state index < -0.39 is 6.29 Å². The Morgan fingerprint density at radius 1 is 1.07 bits per heavy atom. The Morgan fingerprint density at radius 2 is 1.82 bits per heavy atom. The number of benzene rings is 1. The minimum atomic E-state index is -0.626. The molecule has 4 rings (SSSR count). The largest absolute Gasteiger partial charge is 0.497 e. The first-order chi connectivity index (χ1) is 13.7. The van der Waals surface area contributed by atoms with Gasteiger partial charge in [0.15, 0.2) is 5.65 Å². The third kappa shape index (κ3) is 3.00. The van der Waals surface area contributed by atoms with E-state index in [0.717, 1.165) is 16.7 Å². The molecule has 144 valence electrons. The highest BCUT2D eigenvalue weighted by Gasteiger charge is 2.21. The first-order valence-electron chi connectivity index (χ1n) is 8.63. The number of rotatable bonds is 6. The van der Waals surface area contributed by atoms with Gasteiger partial charge in [-0.2, -0.15) is 0 Å². The summed E-state index contributed by atoms with van der Waals surface area (Å²) in [7, 11) is 4.69. The summed E-state index contributed by atoms with van der Waals surface area (Å²) in [6.45, 7) is 0.330. The van der Waals surface area contributed by atoms with Crippen molar-refractivity contribution in [2.24, 2.45) is 0 Å². The molecule has 9 nitrogen and oxygen atoms in total. The van der Waals surface area contributed by atoms with Crippen molar-refractivity contribution in [2.45, 2.75) is 12.8 Å². The average molecular weight is 382 g/mol. The fourth-order valence-electron chi connectivity index (χ4n) is 3.19. The molecule has 0 fully saturated rings. The van der Waals surface area contributed by atoms with E-state index in [1.165, 1.54) is 10.8 Å². The molecule has 9 heteroatoms. The molecule has 0 spiro atoms. The minimum Gasteiger partial charge on any atom is -0.497 e. The predicted molar refractivity (Wildman–Crippen MR) is 100 cm³/mol. The first-order valence-corrected chi connectivity index (χ1v) is 8.63. The maximum Gasteiger partial charge on any atom is 0.425 e. The van der Waals surface area contributed by atoms with Crippen LogP contribution in [0, 0.1) is 0 Å². The van der Waals surface area contributed by atoms with E-state index in [9.17, 15) is 4.79 Å². The maximum absolute atomic E-state index is 13.1. The van der Waals surface area contributed by atoms with Crippen molar-refractivity contribution >= 4 is 16.7 Å². The van der Waals surface area contributed by atoms with Crippen LogP contribution in [0.25, 0.3) is 16.7 Å². The second-order valence-corrected chi connectivity index (χ2v) is 6.18. The second-order valence-electron chi connectivity index (χ2n) is 6.18. The number of aromatic amines is 1. The number of aromatic nitrogens is 5. The van der Waals surface area contributed by atoms with Crippen LogP contribution in [0.2, 0.25) is 0 Å². The molecule has 0 aliphatic heterocycles. The number of hydrogen-bond acceptors (Lipinski definition) is 6. The third-order valence-electron chi connectivity index (χ3n) is 4.58. The van der Waals surface area contributed by atoms with E-state index in [-0.39, 0.29) is 5.69 Å². The third-order valence-corrected chi connectivity index (χ3v) is 4.58. The predicted octanol–water partition coefficient (Wildman–Crippen LogP) is 1.21. The van der Waals surface area contributed by atoms with Crippen molar-refractivity contribution < 1.29 is 19.2 Å². The normalized spacial score (nSPS) is 11.6. The fraction of sp³-hybridized carbons (Fsp3) is 0.263. The molecule has 0 aliphatic rings. The SMILES string of the molecule is COc1ccc(Cn2c(=O)n3nc[nH+]c3c3ccc(C(OC)OC)nc32)cc1. The lowest BCUT2D eigenvalue weighted by molar-refractivity contribution is -0.345. The molecule has 0 amide bonds. The molecule has 28 heavy (non-hydrogen) atoms. The lowest BCUT2D eigenvalue weighted by Crippen LogP contribution is -2.30. The fourth-order valence-corrected chi connectivity index (χ4v) is 3.19. The molecular weight excluding hydrogens is 362 g/mol. The van der Waals surface area contributed by atoms with Gasteiger partial charge < -0.3 is 14.2 Å². The molecule has 3 heterocycles. The van der Waals surface area contributed by atoms with Gasteiger partial charge in [-0.15, -0.1) is 0 Å². The molecule has 0 atom stereocenters. The standard InChI is InChI=1S/C19H19N5O4/c1-26-13-6-4-12(5-7-13)10-23-17-14(16-20-11-21-24(16)19(23)25)8-9-15(22-17)18(27-2)28-3/h4-9,11,18H,10H2,1-3H3/p+1. The van der Waals surface area contributed by atoms with Gasteiger partial charge in [0.2, 0.25) is 6.29 Å². The number of H-pyrrole nitrogens is 1. The Labute approximate surface area is 160 Å². The maximum atomic E-state index is 13.1. The second kappa shape index (κ2) is 7.37. The van der Waals surface area contributed by atoms with Gasteiger partial charge in [0.05, 0.1) is 24.7 Å². The Hall–Kier alpha value is -3.30. The first kappa shape index (κ1) is 18.1. The van der Waals surface area contributed by atoms with Gasteiger partial charge in [-0.25, -0.2) is 14.8 Å². The molecule has 1 N–H and O–H groups in total. The topological polar surface area (TPSA) is 94.0 Å². The molecule has 1 aromatic carbocycles. The number of nitrogens with zero attached hydrogens (tertiary/aromatic N) is 4. The molecular formula is C19H20N5O4+. The van der Waals surface area contributed by atoms with Crippen molar-refractivity contribution in [3.8, 4) is 5.75 Å². The number of nitrogens with one attached hydrogen (secondary N) is 1. The van der Waals surface area contributed by atoms with Crippen LogP contribution < -0.4 is 15.4 Å². The van der Waals surface area contributed by atoms with Gasteiger partial charge in [-0.05, 0) is 34.3 Å². The summed E-state index contributed by atoms with van der Waals surface area (Å²) in [4.78, 5) is 20.7. The zero-order valence-electron chi connectivity index (χ0n) is 15.7. The average Bonchev–Trinajstić information content (AvgIpc) is 3.23. The van der Waals surface area contributed by atoms with E-state index in [0.29, 0.717) is 23.5 Å². The Morgan fingerprint density at radius 3 is 2.50 bits per heavy atom. The number of hydrogen-bond donors (Lipinski definition) is 0. The molecule has 0 saturated heterocycles. The number of ether oxygens (including phenoxy) is 3. The summed E-state index contributed by atoms with van der Waals surface area (Å²) in [5.74, 6) is 0.751. The highest BCUT2D eigenvalue weighted by molar-refractivity contribution is 5.87. The minimum absolute atomic E-state index is 0.296. The number of fused-ring (bicyclic) bond motifs is 3. The smallest absolute Gasteiger partial charge is 0.425 e. The van der Waals surface area contributed by atoms with Crippen molar-refractivity contribution in [2.75, 3.05) is 21.3 Å². The van der Waals surface area contributed by atoms with Crippen LogP contribution in [-0.2, 0) is 16.0 Å². The summed E-state index contributed by atoms with van der Waals surface area (Å²) >= 11 is 0. The molecule has 0 radical (unpaired) electrons. The summed E-state index contributed by atoms with van der Waals surface area (Å²) in [5, 5.41) is 4.88. The van der Waals surface area contributed by atoms with Crippen molar-refractivity contribution in [3.05, 3.63) is 64.5 Å². The van der Waals surface area contributed by atoms with Crippen LogP contribution >= 0.6 is 0 Å². The van der Waals surface area contributed by atoms with E-state index in [1.54, 1.807) is 25.9 Å². The lowest BCUT2D eigenvalue weighted by atomic mass is 10.2. The molecule has 3 aromatic heterocycles. The van der Waals surface area contributed by atoms with Crippen molar-refractivity contribution in [3.63, 3.8) is 0 Å². The van der Waals surface area contributed by atoms with Crippen LogP contribution in [0.3, 0.4) is 0 Å². The Kier molecular flexibility index (Phi) is 4.76. The zero-order chi connectivity index (χ0) is 19.7. The van der Waals surface area contributed by atoms with Gasteiger partial charge in [0.25, 0.3) is 12.0 Å². The van der Waals surface area contributed by atoms with Crippen LogP contribution in [0.1, 0.15) is 17.5 Å². The highest BCUT2D eigenvalue weighted by atomic mass is 16.7. The van der Waals surface area contributed by atoms with Crippen molar-refractivity contribution in [1.82, 2.24) is 19.2 Å². The van der Waals surface area contributed by atoms with Gasteiger partial charge in [0.1, 0.15) is 5.75 Å². The Bertz CT molecular complexity index is 1180. The van der Waals surface area contributed by atoms with Crippen LogP contribution in [-0.4, -0.2) is 40.5 Å². The van der Waals surface area contributed by atoms with Gasteiger partial charge in [-0.1, -0.05) is 12.1 Å². The van der Waals surface area contributed by atoms with Crippen molar-refractivity contribution in [1.29, 1.82) is 0 Å².